The highest BCUT2D eigenvalue weighted by Gasteiger charge is 2.07. The molecule has 0 aliphatic heterocycles. The average molecular weight is 214 g/mol. The molecule has 0 bridgehead atoms. The molecule has 0 saturated heterocycles. The van der Waals surface area contributed by atoms with Crippen LogP contribution < -0.4 is 0 Å². The molecule has 2 rings (SSSR count). The maximum atomic E-state index is 11.3. The van der Waals surface area contributed by atoms with Gasteiger partial charge >= 0.3 is 0 Å². The number of nitrogens with one attached hydrogen (secondary N) is 1. The first-order chi connectivity index (χ1) is 6.20. The van der Waals surface area contributed by atoms with E-state index in [0.717, 1.165) is 15.8 Å². The van der Waals surface area contributed by atoms with Crippen LogP contribution in [0.2, 0.25) is 5.02 Å². The molecule has 2 aromatic rings. The molecule has 0 aliphatic carbocycles. The van der Waals surface area contributed by atoms with E-state index in [9.17, 15) is 4.21 Å². The molecule has 1 aromatic heterocycles. The third-order valence-electron chi connectivity index (χ3n) is 1.94. The molecule has 68 valence electrons. The first-order valence-corrected chi connectivity index (χ1v) is 5.73. The predicted molar refractivity (Wildman–Crippen MR) is 55.6 cm³/mol. The summed E-state index contributed by atoms with van der Waals surface area (Å²) in [7, 11) is -0.971. The van der Waals surface area contributed by atoms with Crippen molar-refractivity contribution >= 4 is 33.3 Å². The van der Waals surface area contributed by atoms with E-state index in [1.54, 1.807) is 12.5 Å². The van der Waals surface area contributed by atoms with Gasteiger partial charge in [-0.25, -0.2) is 0 Å². The molecule has 0 aliphatic rings. The smallest absolute Gasteiger partial charge is 0.0655 e. The van der Waals surface area contributed by atoms with E-state index < -0.39 is 10.8 Å². The summed E-state index contributed by atoms with van der Waals surface area (Å²) < 4.78 is 11.3. The summed E-state index contributed by atoms with van der Waals surface area (Å²) >= 11 is 5.94. The van der Waals surface area contributed by atoms with Crippen LogP contribution in [-0.4, -0.2) is 15.4 Å². The number of hydrogen-bond donors (Lipinski definition) is 1. The molecule has 0 saturated carbocycles. The van der Waals surface area contributed by atoms with E-state index in [-0.39, 0.29) is 0 Å². The minimum atomic E-state index is -0.971. The molecular weight excluding hydrogens is 206 g/mol. The molecule has 0 spiro atoms. The molecule has 1 atom stereocenters. The lowest BCUT2D eigenvalue weighted by Gasteiger charge is -1.94. The third-order valence-corrected chi connectivity index (χ3v) is 3.21. The maximum absolute atomic E-state index is 11.3. The van der Waals surface area contributed by atoms with Crippen molar-refractivity contribution in [2.24, 2.45) is 0 Å². The van der Waals surface area contributed by atoms with Gasteiger partial charge in [0.2, 0.25) is 0 Å². The summed E-state index contributed by atoms with van der Waals surface area (Å²) in [6, 6.07) is 5.58. The van der Waals surface area contributed by atoms with Crippen molar-refractivity contribution in [3.8, 4) is 0 Å². The zero-order chi connectivity index (χ0) is 9.42. The number of aromatic amines is 1. The SMILES string of the molecule is CS(=O)c1c[nH]c2c(Cl)cccc12. The van der Waals surface area contributed by atoms with Gasteiger partial charge in [-0.2, -0.15) is 0 Å². The van der Waals surface area contributed by atoms with E-state index in [2.05, 4.69) is 4.98 Å². The second-order valence-corrected chi connectivity index (χ2v) is 4.52. The molecule has 0 amide bonds. The van der Waals surface area contributed by atoms with Crippen LogP contribution in [0.5, 0.6) is 0 Å². The van der Waals surface area contributed by atoms with Crippen LogP contribution >= 0.6 is 11.6 Å². The number of benzene rings is 1. The van der Waals surface area contributed by atoms with Crippen molar-refractivity contribution < 1.29 is 4.21 Å². The molecule has 1 unspecified atom stereocenters. The summed E-state index contributed by atoms with van der Waals surface area (Å²) in [5.41, 5.74) is 0.856. The van der Waals surface area contributed by atoms with E-state index in [1.165, 1.54) is 0 Å². The van der Waals surface area contributed by atoms with Gasteiger partial charge in [0, 0.05) is 17.8 Å². The van der Waals surface area contributed by atoms with Gasteiger partial charge in [-0.15, -0.1) is 0 Å². The Morgan fingerprint density at radius 1 is 1.46 bits per heavy atom. The molecule has 2 nitrogen and oxygen atoms in total. The minimum Gasteiger partial charge on any atom is -0.359 e. The summed E-state index contributed by atoms with van der Waals surface area (Å²) in [4.78, 5) is 3.82. The molecule has 1 aromatic carbocycles. The van der Waals surface area contributed by atoms with E-state index in [1.807, 2.05) is 18.2 Å². The lowest BCUT2D eigenvalue weighted by molar-refractivity contribution is 0.687. The Morgan fingerprint density at radius 3 is 2.92 bits per heavy atom. The highest BCUT2D eigenvalue weighted by Crippen LogP contribution is 2.26. The molecular formula is C9H8ClNOS. The fraction of sp³-hybridized carbons (Fsp3) is 0.111. The molecule has 4 heteroatoms. The van der Waals surface area contributed by atoms with Crippen LogP contribution in [0, 0.1) is 0 Å². The van der Waals surface area contributed by atoms with Gasteiger partial charge in [0.1, 0.15) is 0 Å². The van der Waals surface area contributed by atoms with Gasteiger partial charge in [0.25, 0.3) is 0 Å². The maximum Gasteiger partial charge on any atom is 0.0655 e. The van der Waals surface area contributed by atoms with E-state index in [4.69, 9.17) is 11.6 Å². The Labute approximate surface area is 83.4 Å². The number of halogens is 1. The zero-order valence-corrected chi connectivity index (χ0v) is 8.58. The van der Waals surface area contributed by atoms with Crippen LogP contribution in [0.25, 0.3) is 10.9 Å². The summed E-state index contributed by atoms with van der Waals surface area (Å²) in [6.45, 7) is 0. The van der Waals surface area contributed by atoms with Gasteiger partial charge in [-0.1, -0.05) is 23.7 Å². The number of H-pyrrole nitrogens is 1. The Bertz CT molecular complexity index is 477. The van der Waals surface area contributed by atoms with Gasteiger partial charge in [0.15, 0.2) is 0 Å². The van der Waals surface area contributed by atoms with Crippen molar-refractivity contribution in [3.63, 3.8) is 0 Å². The van der Waals surface area contributed by atoms with Crippen LogP contribution in [0.4, 0.5) is 0 Å². The lowest BCUT2D eigenvalue weighted by Crippen LogP contribution is -1.83. The van der Waals surface area contributed by atoms with Crippen molar-refractivity contribution in [3.05, 3.63) is 29.4 Å². The van der Waals surface area contributed by atoms with Gasteiger partial charge < -0.3 is 4.98 Å². The first kappa shape index (κ1) is 8.78. The Kier molecular flexibility index (Phi) is 2.14. The van der Waals surface area contributed by atoms with E-state index in [0.29, 0.717) is 5.02 Å². The Morgan fingerprint density at radius 2 is 2.23 bits per heavy atom. The number of fused-ring (bicyclic) bond motifs is 1. The molecule has 13 heavy (non-hydrogen) atoms. The second kappa shape index (κ2) is 3.16. The van der Waals surface area contributed by atoms with Crippen molar-refractivity contribution in [2.75, 3.05) is 6.26 Å². The topological polar surface area (TPSA) is 32.9 Å². The summed E-state index contributed by atoms with van der Waals surface area (Å²) in [5.74, 6) is 0. The average Bonchev–Trinajstić information content (AvgIpc) is 2.48. The molecule has 0 fully saturated rings. The fourth-order valence-corrected chi connectivity index (χ4v) is 2.26. The number of rotatable bonds is 1. The highest BCUT2D eigenvalue weighted by molar-refractivity contribution is 7.84. The van der Waals surface area contributed by atoms with Crippen LogP contribution in [0.15, 0.2) is 29.3 Å². The van der Waals surface area contributed by atoms with Gasteiger partial charge in [0.05, 0.1) is 26.2 Å². The van der Waals surface area contributed by atoms with Crippen molar-refractivity contribution in [2.45, 2.75) is 4.90 Å². The molecule has 1 heterocycles. The number of hydrogen-bond acceptors (Lipinski definition) is 1. The fourth-order valence-electron chi connectivity index (χ4n) is 1.33. The van der Waals surface area contributed by atoms with Crippen molar-refractivity contribution in [1.82, 2.24) is 4.98 Å². The quantitative estimate of drug-likeness (QED) is 0.776. The monoisotopic (exact) mass is 213 g/mol. The standard InChI is InChI=1S/C9H8ClNOS/c1-13(12)8-5-11-9-6(8)3-2-4-7(9)10/h2-5,11H,1H3. The van der Waals surface area contributed by atoms with Crippen LogP contribution in [-0.2, 0) is 10.8 Å². The largest absolute Gasteiger partial charge is 0.359 e. The highest BCUT2D eigenvalue weighted by atomic mass is 35.5. The van der Waals surface area contributed by atoms with Gasteiger partial charge in [-0.3, -0.25) is 4.21 Å². The van der Waals surface area contributed by atoms with Crippen LogP contribution in [0.1, 0.15) is 0 Å². The molecule has 1 N–H and O–H groups in total. The minimum absolute atomic E-state index is 0.661. The predicted octanol–water partition coefficient (Wildman–Crippen LogP) is 2.56. The zero-order valence-electron chi connectivity index (χ0n) is 7.00. The van der Waals surface area contributed by atoms with Crippen LogP contribution in [0.3, 0.4) is 0 Å². The summed E-state index contributed by atoms with van der Waals surface area (Å²) in [6.07, 6.45) is 3.40. The molecule has 0 radical (unpaired) electrons. The number of aromatic nitrogens is 1. The number of para-hydroxylation sites is 1. The lowest BCUT2D eigenvalue weighted by atomic mass is 10.2. The second-order valence-electron chi connectivity index (χ2n) is 2.77. The first-order valence-electron chi connectivity index (χ1n) is 3.79. The normalized spacial score (nSPS) is 13.4. The van der Waals surface area contributed by atoms with E-state index >= 15 is 0 Å². The summed E-state index contributed by atoms with van der Waals surface area (Å²) in [5, 5.41) is 1.60. The van der Waals surface area contributed by atoms with Crippen molar-refractivity contribution in [1.29, 1.82) is 0 Å². The Balaban J connectivity index is 2.83. The Hall–Kier alpha value is -0.800. The third kappa shape index (κ3) is 1.38. The van der Waals surface area contributed by atoms with Gasteiger partial charge in [-0.05, 0) is 6.07 Å².